The number of sulfonamides is 1. The fraction of sp³-hybridized carbons (Fsp3) is 0.500. The first-order chi connectivity index (χ1) is 9.86. The van der Waals surface area contributed by atoms with Crippen molar-refractivity contribution in [3.8, 4) is 0 Å². The average Bonchev–Trinajstić information content (AvgIpc) is 2.43. The molecule has 0 aliphatic heterocycles. The molecule has 1 unspecified atom stereocenters. The van der Waals surface area contributed by atoms with E-state index in [1.165, 1.54) is 0 Å². The lowest BCUT2D eigenvalue weighted by molar-refractivity contribution is -0.141. The monoisotopic (exact) mass is 314 g/mol. The molecule has 118 valence electrons. The molecule has 0 aromatic heterocycles. The summed E-state index contributed by atoms with van der Waals surface area (Å²) < 4.78 is 25.9. The molecule has 0 aliphatic rings. The van der Waals surface area contributed by atoms with Gasteiger partial charge in [0.15, 0.2) is 0 Å². The maximum Gasteiger partial charge on any atom is 0.306 e. The Morgan fingerprint density at radius 3 is 2.43 bits per heavy atom. The Balaban J connectivity index is 2.47. The molecule has 0 radical (unpaired) electrons. The lowest BCUT2D eigenvalue weighted by Gasteiger charge is -2.09. The third-order valence-electron chi connectivity index (χ3n) is 3.06. The van der Waals surface area contributed by atoms with Crippen molar-refractivity contribution >= 4 is 21.7 Å². The number of nitrogens with one attached hydrogen (secondary N) is 2. The van der Waals surface area contributed by atoms with Crippen LogP contribution in [0.5, 0.6) is 0 Å². The van der Waals surface area contributed by atoms with Crippen molar-refractivity contribution in [2.45, 2.75) is 31.6 Å². The lowest BCUT2D eigenvalue weighted by atomic mass is 10.1. The van der Waals surface area contributed by atoms with Gasteiger partial charge in [-0.15, -0.1) is 0 Å². The van der Waals surface area contributed by atoms with E-state index >= 15 is 0 Å². The van der Waals surface area contributed by atoms with Crippen LogP contribution in [0, 0.1) is 5.92 Å². The SMILES string of the molecule is CCNS(=O)(=O)c1ccc(NCCCC(C)C(=O)O)cc1. The van der Waals surface area contributed by atoms with Crippen molar-refractivity contribution in [1.29, 1.82) is 0 Å². The number of hydrogen-bond donors (Lipinski definition) is 3. The van der Waals surface area contributed by atoms with Crippen LogP contribution in [0.15, 0.2) is 29.2 Å². The van der Waals surface area contributed by atoms with Gasteiger partial charge in [0.2, 0.25) is 10.0 Å². The summed E-state index contributed by atoms with van der Waals surface area (Å²) in [4.78, 5) is 10.9. The topological polar surface area (TPSA) is 95.5 Å². The Morgan fingerprint density at radius 1 is 1.29 bits per heavy atom. The maximum absolute atomic E-state index is 11.8. The Hall–Kier alpha value is -1.60. The minimum atomic E-state index is -3.42. The fourth-order valence-corrected chi connectivity index (χ4v) is 2.83. The van der Waals surface area contributed by atoms with Crippen LogP contribution in [0.3, 0.4) is 0 Å². The number of carboxylic acids is 1. The summed E-state index contributed by atoms with van der Waals surface area (Å²) in [5, 5.41) is 11.9. The number of hydrogen-bond acceptors (Lipinski definition) is 4. The Labute approximate surface area is 125 Å². The first kappa shape index (κ1) is 17.5. The molecule has 0 saturated heterocycles. The van der Waals surface area contributed by atoms with Gasteiger partial charge in [0.1, 0.15) is 0 Å². The summed E-state index contributed by atoms with van der Waals surface area (Å²) in [5.41, 5.74) is 0.813. The Bertz CT molecular complexity index is 555. The van der Waals surface area contributed by atoms with Crippen molar-refractivity contribution < 1.29 is 18.3 Å². The quantitative estimate of drug-likeness (QED) is 0.605. The number of carbonyl (C=O) groups is 1. The van der Waals surface area contributed by atoms with Crippen molar-refractivity contribution in [2.75, 3.05) is 18.4 Å². The van der Waals surface area contributed by atoms with Gasteiger partial charge in [-0.25, -0.2) is 13.1 Å². The summed E-state index contributed by atoms with van der Waals surface area (Å²) in [6.45, 7) is 4.41. The predicted molar refractivity (Wildman–Crippen MR) is 81.8 cm³/mol. The summed E-state index contributed by atoms with van der Waals surface area (Å²) in [5.74, 6) is -1.13. The van der Waals surface area contributed by atoms with Crippen LogP contribution in [0.1, 0.15) is 26.7 Å². The predicted octanol–water partition coefficient (Wildman–Crippen LogP) is 1.90. The molecule has 7 heteroatoms. The molecule has 0 amide bonds. The van der Waals surface area contributed by atoms with Gasteiger partial charge in [0, 0.05) is 18.8 Å². The number of carboxylic acid groups (broad SMARTS) is 1. The van der Waals surface area contributed by atoms with E-state index in [9.17, 15) is 13.2 Å². The molecule has 3 N–H and O–H groups in total. The van der Waals surface area contributed by atoms with E-state index in [2.05, 4.69) is 10.0 Å². The van der Waals surface area contributed by atoms with Gasteiger partial charge in [-0.3, -0.25) is 4.79 Å². The van der Waals surface area contributed by atoms with Crippen LogP contribution >= 0.6 is 0 Å². The van der Waals surface area contributed by atoms with Crippen LogP contribution < -0.4 is 10.0 Å². The third kappa shape index (κ3) is 5.73. The second-order valence-electron chi connectivity index (χ2n) is 4.83. The largest absolute Gasteiger partial charge is 0.481 e. The zero-order valence-electron chi connectivity index (χ0n) is 12.3. The number of anilines is 1. The van der Waals surface area contributed by atoms with Crippen LogP contribution in [-0.2, 0) is 14.8 Å². The molecule has 0 fully saturated rings. The molecule has 1 aromatic rings. The van der Waals surface area contributed by atoms with Crippen molar-refractivity contribution in [3.63, 3.8) is 0 Å². The molecule has 1 rings (SSSR count). The summed E-state index contributed by atoms with van der Waals surface area (Å²) in [6.07, 6.45) is 1.35. The van der Waals surface area contributed by atoms with Crippen LogP contribution in [0.4, 0.5) is 5.69 Å². The van der Waals surface area contributed by atoms with Gasteiger partial charge in [0.25, 0.3) is 0 Å². The molecule has 0 heterocycles. The molecular weight excluding hydrogens is 292 g/mol. The first-order valence-electron chi connectivity index (χ1n) is 6.93. The first-order valence-corrected chi connectivity index (χ1v) is 8.41. The van der Waals surface area contributed by atoms with Gasteiger partial charge in [-0.2, -0.15) is 0 Å². The molecule has 0 saturated carbocycles. The summed E-state index contributed by atoms with van der Waals surface area (Å²) in [6, 6.07) is 6.48. The molecule has 6 nitrogen and oxygen atoms in total. The molecule has 1 aromatic carbocycles. The van der Waals surface area contributed by atoms with E-state index in [0.717, 1.165) is 12.1 Å². The van der Waals surface area contributed by atoms with E-state index in [1.807, 2.05) is 0 Å². The fourth-order valence-electron chi connectivity index (χ4n) is 1.79. The van der Waals surface area contributed by atoms with E-state index in [-0.39, 0.29) is 10.8 Å². The van der Waals surface area contributed by atoms with Gasteiger partial charge in [-0.1, -0.05) is 13.8 Å². The molecule has 0 aliphatic carbocycles. The molecule has 0 bridgehead atoms. The second-order valence-corrected chi connectivity index (χ2v) is 6.60. The molecule has 21 heavy (non-hydrogen) atoms. The lowest BCUT2D eigenvalue weighted by Crippen LogP contribution is -2.23. The van der Waals surface area contributed by atoms with E-state index in [0.29, 0.717) is 19.5 Å². The third-order valence-corrected chi connectivity index (χ3v) is 4.63. The van der Waals surface area contributed by atoms with E-state index in [1.54, 1.807) is 38.1 Å². The van der Waals surface area contributed by atoms with Gasteiger partial charge in [-0.05, 0) is 37.1 Å². The van der Waals surface area contributed by atoms with Crippen molar-refractivity contribution in [1.82, 2.24) is 4.72 Å². The maximum atomic E-state index is 11.8. The average molecular weight is 314 g/mol. The van der Waals surface area contributed by atoms with Gasteiger partial charge < -0.3 is 10.4 Å². The number of aliphatic carboxylic acids is 1. The van der Waals surface area contributed by atoms with Gasteiger partial charge in [0.05, 0.1) is 10.8 Å². The highest BCUT2D eigenvalue weighted by atomic mass is 32.2. The second kappa shape index (κ2) is 7.99. The van der Waals surface area contributed by atoms with Gasteiger partial charge >= 0.3 is 5.97 Å². The summed E-state index contributed by atoms with van der Waals surface area (Å²) in [7, 11) is -3.42. The van der Waals surface area contributed by atoms with Crippen LogP contribution in [0.25, 0.3) is 0 Å². The smallest absolute Gasteiger partial charge is 0.306 e. The number of benzene rings is 1. The van der Waals surface area contributed by atoms with Crippen molar-refractivity contribution in [2.24, 2.45) is 5.92 Å². The minimum Gasteiger partial charge on any atom is -0.481 e. The highest BCUT2D eigenvalue weighted by molar-refractivity contribution is 7.89. The zero-order chi connectivity index (χ0) is 15.9. The molecular formula is C14H22N2O4S. The van der Waals surface area contributed by atoms with E-state index < -0.39 is 16.0 Å². The standard InChI is InChI=1S/C14H22N2O4S/c1-3-16-21(19,20)13-8-6-12(7-9-13)15-10-4-5-11(2)14(17)18/h6-9,11,15-16H,3-5,10H2,1-2H3,(H,17,18). The minimum absolute atomic E-state index is 0.231. The van der Waals surface area contributed by atoms with Crippen LogP contribution in [0.2, 0.25) is 0 Å². The highest BCUT2D eigenvalue weighted by Crippen LogP contribution is 2.14. The molecule has 0 spiro atoms. The summed E-state index contributed by atoms with van der Waals surface area (Å²) >= 11 is 0. The Morgan fingerprint density at radius 2 is 1.90 bits per heavy atom. The zero-order valence-corrected chi connectivity index (χ0v) is 13.1. The number of rotatable bonds is 9. The van der Waals surface area contributed by atoms with Crippen molar-refractivity contribution in [3.05, 3.63) is 24.3 Å². The normalized spacial score (nSPS) is 12.9. The molecule has 1 atom stereocenters. The van der Waals surface area contributed by atoms with Crippen LogP contribution in [-0.4, -0.2) is 32.6 Å². The highest BCUT2D eigenvalue weighted by Gasteiger charge is 2.12. The van der Waals surface area contributed by atoms with E-state index in [4.69, 9.17) is 5.11 Å². The Kier molecular flexibility index (Phi) is 6.64.